The molecule has 0 aliphatic carbocycles. The second-order valence-electron chi connectivity index (χ2n) is 4.74. The van der Waals surface area contributed by atoms with Gasteiger partial charge in [-0.05, 0) is 18.4 Å². The lowest BCUT2D eigenvalue weighted by molar-refractivity contribution is 0.802. The molecule has 1 aromatic heterocycles. The lowest BCUT2D eigenvalue weighted by Crippen LogP contribution is -2.21. The molecule has 6 heteroatoms. The first-order valence-electron chi connectivity index (χ1n) is 6.79. The van der Waals surface area contributed by atoms with Crippen LogP contribution < -0.4 is 5.56 Å². The number of halogens is 2. The minimum absolute atomic E-state index is 0.224. The number of para-hydroxylation sites is 1. The first-order valence-corrected chi connectivity index (χ1v) is 8.78. The van der Waals surface area contributed by atoms with Gasteiger partial charge in [-0.3, -0.25) is 9.36 Å². The molecule has 3 nitrogen and oxygen atoms in total. The van der Waals surface area contributed by atoms with Crippen LogP contribution in [0.3, 0.4) is 0 Å². The van der Waals surface area contributed by atoms with E-state index in [0.29, 0.717) is 26.6 Å². The lowest BCUT2D eigenvalue weighted by atomic mass is 10.1. The van der Waals surface area contributed by atoms with E-state index in [1.165, 1.54) is 22.4 Å². The summed E-state index contributed by atoms with van der Waals surface area (Å²) >= 11 is 13.8. The molecule has 0 saturated carbocycles. The van der Waals surface area contributed by atoms with E-state index in [0.717, 1.165) is 5.56 Å². The summed E-state index contributed by atoms with van der Waals surface area (Å²) in [6, 6.07) is 16.2. The Morgan fingerprint density at radius 3 is 2.26 bits per heavy atom. The van der Waals surface area contributed by atoms with Crippen molar-refractivity contribution in [2.24, 2.45) is 0 Å². The first kappa shape index (κ1) is 16.1. The van der Waals surface area contributed by atoms with Crippen LogP contribution in [0.5, 0.6) is 0 Å². The highest BCUT2D eigenvalue weighted by molar-refractivity contribution is 7.98. The molecule has 0 amide bonds. The second-order valence-corrected chi connectivity index (χ2v) is 6.33. The predicted molar refractivity (Wildman–Crippen MR) is 97.1 cm³/mol. The number of benzene rings is 2. The molecule has 0 saturated heterocycles. The third kappa shape index (κ3) is 3.15. The standard InChI is InChI=1S/C17H12Cl2N2OS/c1-23-17-20-14(11-6-3-2-4-7-11)10-15(22)21(17)16-12(18)8-5-9-13(16)19/h2-10H,1H3. The van der Waals surface area contributed by atoms with Crippen molar-refractivity contribution in [1.29, 1.82) is 0 Å². The van der Waals surface area contributed by atoms with Crippen LogP contribution in [-0.4, -0.2) is 15.8 Å². The van der Waals surface area contributed by atoms with Gasteiger partial charge in [0.25, 0.3) is 5.56 Å². The van der Waals surface area contributed by atoms with Gasteiger partial charge in [-0.15, -0.1) is 0 Å². The van der Waals surface area contributed by atoms with Gasteiger partial charge in [-0.2, -0.15) is 0 Å². The van der Waals surface area contributed by atoms with Gasteiger partial charge in [0.05, 0.1) is 21.4 Å². The topological polar surface area (TPSA) is 34.9 Å². The van der Waals surface area contributed by atoms with Crippen molar-refractivity contribution < 1.29 is 0 Å². The third-order valence-corrected chi connectivity index (χ3v) is 4.55. The van der Waals surface area contributed by atoms with Gasteiger partial charge in [0.2, 0.25) is 0 Å². The average molecular weight is 363 g/mol. The molecule has 0 bridgehead atoms. The maximum absolute atomic E-state index is 12.7. The van der Waals surface area contributed by atoms with Gasteiger partial charge in [0, 0.05) is 11.6 Å². The quantitative estimate of drug-likeness (QED) is 0.489. The highest BCUT2D eigenvalue weighted by atomic mass is 35.5. The van der Waals surface area contributed by atoms with Crippen LogP contribution in [-0.2, 0) is 0 Å². The molecule has 0 radical (unpaired) electrons. The fourth-order valence-electron chi connectivity index (χ4n) is 2.26. The summed E-state index contributed by atoms with van der Waals surface area (Å²) in [5.41, 5.74) is 1.74. The van der Waals surface area contributed by atoms with Gasteiger partial charge in [0.15, 0.2) is 5.16 Å². The number of rotatable bonds is 3. The van der Waals surface area contributed by atoms with Crippen LogP contribution in [0.25, 0.3) is 16.9 Å². The van der Waals surface area contributed by atoms with Crippen LogP contribution in [0.1, 0.15) is 0 Å². The van der Waals surface area contributed by atoms with E-state index in [2.05, 4.69) is 4.98 Å². The van der Waals surface area contributed by atoms with E-state index in [9.17, 15) is 4.79 Å². The van der Waals surface area contributed by atoms with Gasteiger partial charge in [-0.1, -0.05) is 71.4 Å². The van der Waals surface area contributed by atoms with Crippen LogP contribution in [0.15, 0.2) is 64.5 Å². The van der Waals surface area contributed by atoms with Crippen molar-refractivity contribution >= 4 is 35.0 Å². The predicted octanol–water partition coefficient (Wildman–Crippen LogP) is 4.93. The van der Waals surface area contributed by atoms with E-state index in [4.69, 9.17) is 23.2 Å². The van der Waals surface area contributed by atoms with E-state index >= 15 is 0 Å². The Balaban J connectivity index is 2.26. The zero-order valence-corrected chi connectivity index (χ0v) is 14.5. The van der Waals surface area contributed by atoms with Crippen LogP contribution in [0.4, 0.5) is 0 Å². The molecular formula is C17H12Cl2N2OS. The maximum atomic E-state index is 12.7. The molecule has 23 heavy (non-hydrogen) atoms. The smallest absolute Gasteiger partial charge is 0.259 e. The molecule has 3 aromatic rings. The fourth-order valence-corrected chi connectivity index (χ4v) is 3.38. The monoisotopic (exact) mass is 362 g/mol. The summed E-state index contributed by atoms with van der Waals surface area (Å²) in [5.74, 6) is 0. The molecule has 2 aromatic carbocycles. The molecule has 3 rings (SSSR count). The highest BCUT2D eigenvalue weighted by Gasteiger charge is 2.16. The van der Waals surface area contributed by atoms with E-state index in [1.54, 1.807) is 18.2 Å². The summed E-state index contributed by atoms with van der Waals surface area (Å²) in [4.78, 5) is 17.3. The first-order chi connectivity index (χ1) is 11.1. The normalized spacial score (nSPS) is 10.7. The Morgan fingerprint density at radius 2 is 1.65 bits per heavy atom. The molecule has 0 N–H and O–H groups in total. The van der Waals surface area contributed by atoms with Crippen molar-refractivity contribution in [3.8, 4) is 16.9 Å². The molecule has 0 unspecified atom stereocenters. The van der Waals surface area contributed by atoms with E-state index in [-0.39, 0.29) is 5.56 Å². The van der Waals surface area contributed by atoms with Crippen LogP contribution in [0.2, 0.25) is 10.0 Å². The van der Waals surface area contributed by atoms with E-state index in [1.807, 2.05) is 36.6 Å². The average Bonchev–Trinajstić information content (AvgIpc) is 2.56. The molecule has 0 spiro atoms. The zero-order valence-electron chi connectivity index (χ0n) is 12.2. The fraction of sp³-hybridized carbons (Fsp3) is 0.0588. The Bertz CT molecular complexity index is 890. The third-order valence-electron chi connectivity index (χ3n) is 3.30. The minimum atomic E-state index is -0.224. The van der Waals surface area contributed by atoms with Crippen molar-refractivity contribution in [3.63, 3.8) is 0 Å². The SMILES string of the molecule is CSc1nc(-c2ccccc2)cc(=O)n1-c1c(Cl)cccc1Cl. The number of hydrogen-bond acceptors (Lipinski definition) is 3. The number of nitrogens with zero attached hydrogens (tertiary/aromatic N) is 2. The van der Waals surface area contributed by atoms with Gasteiger partial charge < -0.3 is 0 Å². The van der Waals surface area contributed by atoms with Crippen molar-refractivity contribution in [2.75, 3.05) is 6.26 Å². The largest absolute Gasteiger partial charge is 0.269 e. The van der Waals surface area contributed by atoms with Gasteiger partial charge in [0.1, 0.15) is 0 Å². The van der Waals surface area contributed by atoms with Gasteiger partial charge in [-0.25, -0.2) is 4.98 Å². The number of hydrogen-bond donors (Lipinski definition) is 0. The summed E-state index contributed by atoms with van der Waals surface area (Å²) in [6.45, 7) is 0. The molecule has 0 fully saturated rings. The summed E-state index contributed by atoms with van der Waals surface area (Å²) < 4.78 is 1.45. The Morgan fingerprint density at radius 1 is 1.00 bits per heavy atom. The summed E-state index contributed by atoms with van der Waals surface area (Å²) in [6.07, 6.45) is 1.86. The van der Waals surface area contributed by atoms with Crippen molar-refractivity contribution in [1.82, 2.24) is 9.55 Å². The molecule has 1 heterocycles. The Hall–Kier alpha value is -1.75. The van der Waals surface area contributed by atoms with Crippen LogP contribution >= 0.6 is 35.0 Å². The molecular weight excluding hydrogens is 351 g/mol. The summed E-state index contributed by atoms with van der Waals surface area (Å²) in [5, 5.41) is 1.35. The second kappa shape index (κ2) is 6.79. The van der Waals surface area contributed by atoms with E-state index < -0.39 is 0 Å². The number of aromatic nitrogens is 2. The molecule has 0 aliphatic heterocycles. The summed E-state index contributed by atoms with van der Waals surface area (Å²) in [7, 11) is 0. The number of thioether (sulfide) groups is 1. The molecule has 0 aliphatic rings. The van der Waals surface area contributed by atoms with Crippen molar-refractivity contribution in [3.05, 3.63) is 75.0 Å². The molecule has 116 valence electrons. The van der Waals surface area contributed by atoms with Gasteiger partial charge >= 0.3 is 0 Å². The van der Waals surface area contributed by atoms with Crippen molar-refractivity contribution in [2.45, 2.75) is 5.16 Å². The maximum Gasteiger partial charge on any atom is 0.259 e. The Labute approximate surface area is 147 Å². The van der Waals surface area contributed by atoms with Crippen LogP contribution in [0, 0.1) is 0 Å². The minimum Gasteiger partial charge on any atom is -0.269 e. The molecule has 0 atom stereocenters. The lowest BCUT2D eigenvalue weighted by Gasteiger charge is -2.14. The Kier molecular flexibility index (Phi) is 4.76. The zero-order chi connectivity index (χ0) is 16.4. The highest BCUT2D eigenvalue weighted by Crippen LogP contribution is 2.30.